The lowest BCUT2D eigenvalue weighted by atomic mass is 10.1. The van der Waals surface area contributed by atoms with Crippen LogP contribution in [0.2, 0.25) is 0 Å². The molecule has 0 radical (unpaired) electrons. The summed E-state index contributed by atoms with van der Waals surface area (Å²) in [6.45, 7) is 2.11. The van der Waals surface area contributed by atoms with Crippen molar-refractivity contribution in [2.24, 2.45) is 0 Å². The SMILES string of the molecule is CCOc1cc(F)ccc1-c1cc(Nc2cc(F)c(OC)c([N+](=O)[O-])c2)ncn1. The first-order valence-electron chi connectivity index (χ1n) is 8.46. The zero-order valence-corrected chi connectivity index (χ0v) is 15.5. The van der Waals surface area contributed by atoms with Gasteiger partial charge < -0.3 is 14.8 Å². The standard InChI is InChI=1S/C19H16F2N4O4/c1-3-29-17-6-11(20)4-5-13(17)15-9-18(23-10-22-15)24-12-7-14(21)19(28-2)16(8-12)25(26)27/h4-10H,3H2,1-2H3,(H,22,23,24). The Bertz CT molecular complexity index is 1060. The topological polar surface area (TPSA) is 99.4 Å². The van der Waals surface area contributed by atoms with Crippen LogP contribution in [0.1, 0.15) is 6.92 Å². The second-order valence-electron chi connectivity index (χ2n) is 5.75. The van der Waals surface area contributed by atoms with Crippen molar-refractivity contribution in [2.45, 2.75) is 6.92 Å². The predicted molar refractivity (Wildman–Crippen MR) is 101 cm³/mol. The highest BCUT2D eigenvalue weighted by Crippen LogP contribution is 2.35. The highest BCUT2D eigenvalue weighted by molar-refractivity contribution is 5.71. The Balaban J connectivity index is 1.97. The summed E-state index contributed by atoms with van der Waals surface area (Å²) in [5.41, 5.74) is 0.533. The van der Waals surface area contributed by atoms with Crippen LogP contribution in [-0.2, 0) is 0 Å². The summed E-state index contributed by atoms with van der Waals surface area (Å²) in [5, 5.41) is 14.0. The maximum atomic E-state index is 14.1. The molecule has 1 N–H and O–H groups in total. The molecule has 0 unspecified atom stereocenters. The van der Waals surface area contributed by atoms with E-state index in [0.717, 1.165) is 19.2 Å². The smallest absolute Gasteiger partial charge is 0.316 e. The number of nitrogens with one attached hydrogen (secondary N) is 1. The normalized spacial score (nSPS) is 10.5. The summed E-state index contributed by atoms with van der Waals surface area (Å²) in [7, 11) is 1.15. The van der Waals surface area contributed by atoms with E-state index in [1.807, 2.05) is 0 Å². The van der Waals surface area contributed by atoms with Crippen molar-refractivity contribution in [3.8, 4) is 22.8 Å². The minimum absolute atomic E-state index is 0.101. The van der Waals surface area contributed by atoms with Gasteiger partial charge in [0.1, 0.15) is 23.7 Å². The molecule has 0 bridgehead atoms. The number of nitro benzene ring substituents is 1. The highest BCUT2D eigenvalue weighted by Gasteiger charge is 2.21. The lowest BCUT2D eigenvalue weighted by Gasteiger charge is -2.12. The summed E-state index contributed by atoms with van der Waals surface area (Å²) in [5.74, 6) is -1.25. The molecule has 10 heteroatoms. The van der Waals surface area contributed by atoms with E-state index < -0.39 is 28.0 Å². The summed E-state index contributed by atoms with van der Waals surface area (Å²) in [6.07, 6.45) is 1.26. The highest BCUT2D eigenvalue weighted by atomic mass is 19.1. The second kappa shape index (κ2) is 8.46. The zero-order valence-electron chi connectivity index (χ0n) is 15.5. The number of benzene rings is 2. The zero-order chi connectivity index (χ0) is 21.0. The first-order valence-corrected chi connectivity index (χ1v) is 8.46. The molecule has 0 saturated heterocycles. The number of methoxy groups -OCH3 is 1. The van der Waals surface area contributed by atoms with E-state index in [9.17, 15) is 18.9 Å². The molecule has 0 fully saturated rings. The number of nitro groups is 1. The average Bonchev–Trinajstić information content (AvgIpc) is 2.68. The molecule has 3 aromatic rings. The van der Waals surface area contributed by atoms with Gasteiger partial charge in [0.25, 0.3) is 0 Å². The summed E-state index contributed by atoms with van der Waals surface area (Å²) >= 11 is 0. The Kier molecular flexibility index (Phi) is 5.82. The molecule has 3 rings (SSSR count). The third kappa shape index (κ3) is 4.37. The van der Waals surface area contributed by atoms with E-state index in [-0.39, 0.29) is 11.5 Å². The number of ether oxygens (including phenoxy) is 2. The number of hydrogen-bond donors (Lipinski definition) is 1. The third-order valence-corrected chi connectivity index (χ3v) is 3.88. The molecule has 0 aliphatic rings. The molecule has 1 aromatic heterocycles. The Hall–Kier alpha value is -3.82. The van der Waals surface area contributed by atoms with Gasteiger partial charge >= 0.3 is 5.69 Å². The van der Waals surface area contributed by atoms with E-state index in [4.69, 9.17) is 9.47 Å². The van der Waals surface area contributed by atoms with Crippen LogP contribution in [0.3, 0.4) is 0 Å². The maximum Gasteiger partial charge on any atom is 0.316 e. The number of anilines is 2. The van der Waals surface area contributed by atoms with Gasteiger partial charge in [-0.1, -0.05) is 0 Å². The quantitative estimate of drug-likeness (QED) is 0.459. The van der Waals surface area contributed by atoms with Gasteiger partial charge in [-0.3, -0.25) is 10.1 Å². The van der Waals surface area contributed by atoms with Crippen LogP contribution in [0.25, 0.3) is 11.3 Å². The number of nitrogens with zero attached hydrogens (tertiary/aromatic N) is 3. The van der Waals surface area contributed by atoms with Crippen LogP contribution in [0.15, 0.2) is 42.7 Å². The summed E-state index contributed by atoms with van der Waals surface area (Å²) in [4.78, 5) is 18.6. The third-order valence-electron chi connectivity index (χ3n) is 3.88. The molecule has 0 saturated carbocycles. The van der Waals surface area contributed by atoms with Gasteiger partial charge in [0.15, 0.2) is 5.82 Å². The second-order valence-corrected chi connectivity index (χ2v) is 5.75. The van der Waals surface area contributed by atoms with Crippen LogP contribution in [0.5, 0.6) is 11.5 Å². The van der Waals surface area contributed by atoms with Crippen molar-refractivity contribution in [1.82, 2.24) is 9.97 Å². The van der Waals surface area contributed by atoms with E-state index in [1.54, 1.807) is 6.92 Å². The molecule has 29 heavy (non-hydrogen) atoms. The molecule has 1 heterocycles. The molecule has 0 atom stereocenters. The molecule has 0 aliphatic carbocycles. The first-order chi connectivity index (χ1) is 13.9. The van der Waals surface area contributed by atoms with Gasteiger partial charge in [0.2, 0.25) is 5.75 Å². The number of halogens is 2. The van der Waals surface area contributed by atoms with Crippen molar-refractivity contribution < 1.29 is 23.2 Å². The van der Waals surface area contributed by atoms with Crippen LogP contribution in [0.4, 0.5) is 26.0 Å². The molecular weight excluding hydrogens is 386 g/mol. The summed E-state index contributed by atoms with van der Waals surface area (Å²) < 4.78 is 37.9. The molecule has 8 nitrogen and oxygen atoms in total. The van der Waals surface area contributed by atoms with Crippen molar-refractivity contribution in [3.05, 3.63) is 64.5 Å². The van der Waals surface area contributed by atoms with Gasteiger partial charge in [-0.15, -0.1) is 0 Å². The summed E-state index contributed by atoms with van der Waals surface area (Å²) in [6, 6.07) is 7.75. The predicted octanol–water partition coefficient (Wildman–Crippen LogP) is 4.48. The fourth-order valence-corrected chi connectivity index (χ4v) is 2.69. The molecule has 150 valence electrons. The van der Waals surface area contributed by atoms with E-state index >= 15 is 0 Å². The molecule has 0 aliphatic heterocycles. The van der Waals surface area contributed by atoms with Crippen LogP contribution >= 0.6 is 0 Å². The minimum atomic E-state index is -0.893. The number of hydrogen-bond acceptors (Lipinski definition) is 7. The average molecular weight is 402 g/mol. The largest absolute Gasteiger partial charge is 0.493 e. The Morgan fingerprint density at radius 1 is 1.17 bits per heavy atom. The van der Waals surface area contributed by atoms with Gasteiger partial charge in [0.05, 0.1) is 24.3 Å². The molecule has 2 aromatic carbocycles. The molecule has 0 amide bonds. The fraction of sp³-hybridized carbons (Fsp3) is 0.158. The number of aromatic nitrogens is 2. The first kappa shape index (κ1) is 19.9. The van der Waals surface area contributed by atoms with Crippen LogP contribution in [0, 0.1) is 21.7 Å². The van der Waals surface area contributed by atoms with Crippen molar-refractivity contribution in [2.75, 3.05) is 19.0 Å². The van der Waals surface area contributed by atoms with Gasteiger partial charge in [-0.05, 0) is 19.1 Å². The van der Waals surface area contributed by atoms with Crippen molar-refractivity contribution in [1.29, 1.82) is 0 Å². The van der Waals surface area contributed by atoms with Crippen molar-refractivity contribution >= 4 is 17.2 Å². The Morgan fingerprint density at radius 2 is 1.97 bits per heavy atom. The van der Waals surface area contributed by atoms with Crippen LogP contribution < -0.4 is 14.8 Å². The lowest BCUT2D eigenvalue weighted by Crippen LogP contribution is -2.01. The molecule has 0 spiro atoms. The van der Waals surface area contributed by atoms with E-state index in [2.05, 4.69) is 15.3 Å². The fourth-order valence-electron chi connectivity index (χ4n) is 2.69. The maximum absolute atomic E-state index is 14.1. The lowest BCUT2D eigenvalue weighted by molar-refractivity contribution is -0.385. The Labute approximate surface area is 164 Å². The van der Waals surface area contributed by atoms with E-state index in [1.165, 1.54) is 30.6 Å². The van der Waals surface area contributed by atoms with Crippen molar-refractivity contribution in [3.63, 3.8) is 0 Å². The Morgan fingerprint density at radius 3 is 2.66 bits per heavy atom. The minimum Gasteiger partial charge on any atom is -0.493 e. The molecular formula is C19H16F2N4O4. The van der Waals surface area contributed by atoms with E-state index in [0.29, 0.717) is 23.6 Å². The van der Waals surface area contributed by atoms with Crippen LogP contribution in [-0.4, -0.2) is 28.6 Å². The van der Waals surface area contributed by atoms with Gasteiger partial charge in [0, 0.05) is 35.5 Å². The van der Waals surface area contributed by atoms with Gasteiger partial charge in [-0.25, -0.2) is 18.7 Å². The van der Waals surface area contributed by atoms with Gasteiger partial charge in [-0.2, -0.15) is 0 Å². The monoisotopic (exact) mass is 402 g/mol. The number of rotatable bonds is 7.